The summed E-state index contributed by atoms with van der Waals surface area (Å²) in [7, 11) is 3.23. The van der Waals surface area contributed by atoms with Crippen LogP contribution >= 0.6 is 0 Å². The molecular weight excluding hydrogens is 636 g/mol. The van der Waals surface area contributed by atoms with Crippen molar-refractivity contribution >= 4 is 27.5 Å². The molecule has 0 aliphatic carbocycles. The number of Topliss-reactive ketones (excluding diaryl/α,β-unsaturated/α-hetero) is 1. The number of hydrogen-bond donors (Lipinski definition) is 0. The van der Waals surface area contributed by atoms with Crippen LogP contribution in [0.3, 0.4) is 0 Å². The van der Waals surface area contributed by atoms with E-state index in [1.54, 1.807) is 31.0 Å². The fourth-order valence-corrected chi connectivity index (χ4v) is 6.50. The number of benzene rings is 4. The van der Waals surface area contributed by atoms with Gasteiger partial charge in [-0.1, -0.05) is 48.5 Å². The van der Waals surface area contributed by atoms with Gasteiger partial charge in [0, 0.05) is 38.6 Å². The second kappa shape index (κ2) is 14.9. The van der Waals surface area contributed by atoms with Gasteiger partial charge in [0.1, 0.15) is 30.9 Å². The van der Waals surface area contributed by atoms with E-state index in [0.717, 1.165) is 40.6 Å². The molecule has 11 heteroatoms. The summed E-state index contributed by atoms with van der Waals surface area (Å²) in [5.74, 6) is 1.73. The highest BCUT2D eigenvalue weighted by Gasteiger charge is 2.28. The minimum Gasteiger partial charge on any atom is -0.487 e. The Morgan fingerprint density at radius 3 is 2.24 bits per heavy atom. The summed E-state index contributed by atoms with van der Waals surface area (Å²) in [6.07, 6.45) is 4.11. The van der Waals surface area contributed by atoms with E-state index >= 15 is 0 Å². The van der Waals surface area contributed by atoms with Crippen molar-refractivity contribution in [1.82, 2.24) is 19.3 Å². The standard InChI is InChI=1S/C39H38N4O7/c1-46-18-20-48-35-23-30-31(24-36(35)49-21-19-47-2)40-25-41-38(30)50-34-16-15-26(28-12-6-7-13-29(28)34)22-33(44)37-32-14-8-9-17-42(32)43(39(37)45)27-10-4-3-5-11-27/h3-7,10-13,15-16,23-25H,8-9,14,17-22H2,1-2H3. The lowest BCUT2D eigenvalue weighted by Gasteiger charge is -2.19. The maximum atomic E-state index is 14.0. The van der Waals surface area contributed by atoms with Crippen LogP contribution in [-0.2, 0) is 28.9 Å². The molecule has 1 aliphatic rings. The molecule has 7 rings (SSSR count). The van der Waals surface area contributed by atoms with E-state index in [2.05, 4.69) is 9.97 Å². The van der Waals surface area contributed by atoms with Crippen LogP contribution in [0.4, 0.5) is 0 Å². The van der Waals surface area contributed by atoms with E-state index in [9.17, 15) is 9.59 Å². The highest BCUT2D eigenvalue weighted by molar-refractivity contribution is 6.02. The Labute approximate surface area is 288 Å². The Bertz CT molecular complexity index is 2210. The Hall–Kier alpha value is -5.52. The van der Waals surface area contributed by atoms with Crippen LogP contribution < -0.4 is 19.8 Å². The lowest BCUT2D eigenvalue weighted by atomic mass is 9.96. The van der Waals surface area contributed by atoms with Crippen molar-refractivity contribution in [3.8, 4) is 28.8 Å². The van der Waals surface area contributed by atoms with Crippen molar-refractivity contribution in [2.75, 3.05) is 40.6 Å². The van der Waals surface area contributed by atoms with Crippen LogP contribution in [0.2, 0.25) is 0 Å². The maximum absolute atomic E-state index is 14.0. The zero-order valence-corrected chi connectivity index (χ0v) is 28.1. The third-order valence-corrected chi connectivity index (χ3v) is 8.85. The van der Waals surface area contributed by atoms with E-state index in [4.69, 9.17) is 23.7 Å². The molecule has 0 bridgehead atoms. The van der Waals surface area contributed by atoms with Crippen LogP contribution in [-0.4, -0.2) is 65.8 Å². The first kappa shape index (κ1) is 33.0. The van der Waals surface area contributed by atoms with Crippen molar-refractivity contribution in [3.05, 3.63) is 112 Å². The molecule has 50 heavy (non-hydrogen) atoms. The molecule has 1 aliphatic heterocycles. The molecule has 0 N–H and O–H groups in total. The average Bonchev–Trinajstić information content (AvgIpc) is 3.45. The van der Waals surface area contributed by atoms with Crippen LogP contribution in [0.25, 0.3) is 27.4 Å². The van der Waals surface area contributed by atoms with Gasteiger partial charge in [-0.2, -0.15) is 0 Å². The Kier molecular flexibility index (Phi) is 9.86. The Morgan fingerprint density at radius 2 is 1.48 bits per heavy atom. The second-order valence-corrected chi connectivity index (χ2v) is 12.0. The number of hydrogen-bond acceptors (Lipinski definition) is 9. The summed E-state index contributed by atoms with van der Waals surface area (Å²) in [5, 5.41) is 2.29. The third-order valence-electron chi connectivity index (χ3n) is 8.85. The molecule has 0 radical (unpaired) electrons. The molecule has 3 heterocycles. The van der Waals surface area contributed by atoms with Gasteiger partial charge in [-0.25, -0.2) is 14.6 Å². The van der Waals surface area contributed by atoms with Gasteiger partial charge in [-0.05, 0) is 54.5 Å². The summed E-state index contributed by atoms with van der Waals surface area (Å²) in [4.78, 5) is 36.8. The molecule has 256 valence electrons. The largest absolute Gasteiger partial charge is 0.487 e. The summed E-state index contributed by atoms with van der Waals surface area (Å²) in [6, 6.07) is 24.6. The normalized spacial score (nSPS) is 12.6. The van der Waals surface area contributed by atoms with Crippen LogP contribution in [0.5, 0.6) is 23.1 Å². The first-order valence-corrected chi connectivity index (χ1v) is 16.7. The summed E-state index contributed by atoms with van der Waals surface area (Å²) >= 11 is 0. The van der Waals surface area contributed by atoms with E-state index in [1.165, 1.54) is 6.33 Å². The van der Waals surface area contributed by atoms with Crippen molar-refractivity contribution < 1.29 is 28.5 Å². The third kappa shape index (κ3) is 6.57. The van der Waals surface area contributed by atoms with Crippen molar-refractivity contribution in [3.63, 3.8) is 0 Å². The molecule has 0 saturated carbocycles. The van der Waals surface area contributed by atoms with E-state index in [-0.39, 0.29) is 23.3 Å². The molecular formula is C39H38N4O7. The molecule has 0 fully saturated rings. The predicted octanol–water partition coefficient (Wildman–Crippen LogP) is 6.34. The fourth-order valence-electron chi connectivity index (χ4n) is 6.50. The molecule has 4 aromatic carbocycles. The number of rotatable bonds is 14. The van der Waals surface area contributed by atoms with Crippen molar-refractivity contribution in [2.24, 2.45) is 0 Å². The molecule has 0 saturated heterocycles. The lowest BCUT2D eigenvalue weighted by Crippen LogP contribution is -2.24. The molecule has 11 nitrogen and oxygen atoms in total. The highest BCUT2D eigenvalue weighted by Crippen LogP contribution is 2.38. The van der Waals surface area contributed by atoms with Crippen LogP contribution in [0.15, 0.2) is 90.0 Å². The monoisotopic (exact) mass is 674 g/mol. The van der Waals surface area contributed by atoms with E-state index in [0.29, 0.717) is 73.4 Å². The Morgan fingerprint density at radius 1 is 0.760 bits per heavy atom. The molecule has 6 aromatic rings. The summed E-state index contributed by atoms with van der Waals surface area (Å²) in [6.45, 7) is 2.18. The van der Waals surface area contributed by atoms with Crippen molar-refractivity contribution in [1.29, 1.82) is 0 Å². The number of carbonyl (C=O) groups excluding carboxylic acids is 1. The number of ether oxygens (including phenoxy) is 5. The molecule has 0 atom stereocenters. The second-order valence-electron chi connectivity index (χ2n) is 12.0. The SMILES string of the molecule is COCCOc1cc2ncnc(Oc3ccc(CC(=O)c4c5n(n(-c6ccccc6)c4=O)CCCC5)c4ccccc34)c2cc1OCCOC. The van der Waals surface area contributed by atoms with Gasteiger partial charge in [-0.3, -0.25) is 14.3 Å². The topological polar surface area (TPSA) is 116 Å². The van der Waals surface area contributed by atoms with E-state index < -0.39 is 0 Å². The van der Waals surface area contributed by atoms with Crippen molar-refractivity contribution in [2.45, 2.75) is 32.2 Å². The summed E-state index contributed by atoms with van der Waals surface area (Å²) in [5.41, 5.74) is 3.00. The molecule has 2 aromatic heterocycles. The molecule has 0 spiro atoms. The Balaban J connectivity index is 1.22. The maximum Gasteiger partial charge on any atom is 0.282 e. The number of fused-ring (bicyclic) bond motifs is 3. The van der Waals surface area contributed by atoms with Gasteiger partial charge in [0.15, 0.2) is 17.3 Å². The number of para-hydroxylation sites is 1. The van der Waals surface area contributed by atoms with Gasteiger partial charge in [-0.15, -0.1) is 0 Å². The van der Waals surface area contributed by atoms with Gasteiger partial charge in [0.25, 0.3) is 5.56 Å². The first-order chi connectivity index (χ1) is 24.6. The van der Waals surface area contributed by atoms with Gasteiger partial charge < -0.3 is 23.7 Å². The van der Waals surface area contributed by atoms with Gasteiger partial charge >= 0.3 is 0 Å². The fraction of sp³-hybridized carbons (Fsp3) is 0.282. The average molecular weight is 675 g/mol. The predicted molar refractivity (Wildman–Crippen MR) is 189 cm³/mol. The smallest absolute Gasteiger partial charge is 0.282 e. The number of ketones is 1. The quantitative estimate of drug-likeness (QED) is 0.0964. The van der Waals surface area contributed by atoms with E-state index in [1.807, 2.05) is 71.4 Å². The lowest BCUT2D eigenvalue weighted by molar-refractivity contribution is 0.0991. The van der Waals surface area contributed by atoms with Gasteiger partial charge in [0.05, 0.1) is 35.5 Å². The highest BCUT2D eigenvalue weighted by atomic mass is 16.5. The zero-order valence-electron chi connectivity index (χ0n) is 28.1. The minimum atomic E-state index is -0.268. The minimum absolute atomic E-state index is 0.0757. The first-order valence-electron chi connectivity index (χ1n) is 16.7. The van der Waals surface area contributed by atoms with Gasteiger partial charge in [0.2, 0.25) is 5.88 Å². The number of nitrogens with zero attached hydrogens (tertiary/aromatic N) is 4. The van der Waals surface area contributed by atoms with Crippen LogP contribution in [0.1, 0.15) is 34.5 Å². The number of methoxy groups -OCH3 is 2. The number of aromatic nitrogens is 4. The molecule has 0 unspecified atom stereocenters. The molecule has 0 amide bonds. The number of carbonyl (C=O) groups is 1. The van der Waals surface area contributed by atoms with Crippen LogP contribution in [0, 0.1) is 0 Å². The zero-order chi connectivity index (χ0) is 34.5. The summed E-state index contributed by atoms with van der Waals surface area (Å²) < 4.78 is 32.4.